The first-order chi connectivity index (χ1) is 41.1. The summed E-state index contributed by atoms with van der Waals surface area (Å²) >= 11 is 12.6. The van der Waals surface area contributed by atoms with Gasteiger partial charge in [-0.15, -0.1) is 0 Å². The largest absolute Gasteiger partial charge is 0.484 e. The Bertz CT molecular complexity index is 4310. The van der Waals surface area contributed by atoms with E-state index in [4.69, 9.17) is 53.5 Å². The van der Waals surface area contributed by atoms with Gasteiger partial charge in [0, 0.05) is 135 Å². The van der Waals surface area contributed by atoms with Crippen LogP contribution in [-0.2, 0) is 11.3 Å². The van der Waals surface area contributed by atoms with E-state index in [-0.39, 0.29) is 23.8 Å². The van der Waals surface area contributed by atoms with Gasteiger partial charge in [-0.3, -0.25) is 19.6 Å². The zero-order valence-electron chi connectivity index (χ0n) is 45.5. The van der Waals surface area contributed by atoms with Crippen LogP contribution in [0.15, 0.2) is 165 Å². The minimum absolute atomic E-state index is 0.0914. The van der Waals surface area contributed by atoms with Gasteiger partial charge >= 0.3 is 6.09 Å². The highest BCUT2D eigenvalue weighted by Gasteiger charge is 2.27. The smallest absolute Gasteiger partial charge is 0.409 e. The summed E-state index contributed by atoms with van der Waals surface area (Å²) in [6.45, 7) is 3.72. The van der Waals surface area contributed by atoms with Crippen LogP contribution < -0.4 is 15.0 Å². The normalized spacial score (nSPS) is 13.5. The molecule has 3 aliphatic heterocycles. The Balaban J connectivity index is 0.719. The van der Waals surface area contributed by atoms with Crippen LogP contribution in [0, 0.1) is 5.82 Å². The maximum absolute atomic E-state index is 14.3. The summed E-state index contributed by atoms with van der Waals surface area (Å²) in [6, 6.07) is 32.9. The van der Waals surface area contributed by atoms with Crippen LogP contribution >= 0.6 is 23.2 Å². The Labute approximate surface area is 492 Å². The van der Waals surface area contributed by atoms with Crippen LogP contribution in [0.5, 0.6) is 5.75 Å². The van der Waals surface area contributed by atoms with Gasteiger partial charge in [0.05, 0.1) is 52.3 Å². The Kier molecular flexibility index (Phi) is 14.8. The highest BCUT2D eigenvalue weighted by Crippen LogP contribution is 2.41. The second-order valence-corrected chi connectivity index (χ2v) is 21.5. The number of anilines is 1. The number of carbonyl (C=O) groups is 1. The molecule has 84 heavy (non-hydrogen) atoms. The number of piperidine rings is 1. The first-order valence-corrected chi connectivity index (χ1v) is 28.4. The molecule has 1 fully saturated rings. The molecular weight excluding hydrogens is 1100 g/mol. The van der Waals surface area contributed by atoms with Crippen LogP contribution in [0.1, 0.15) is 66.7 Å². The monoisotopic (exact) mass is 1150 g/mol. The summed E-state index contributed by atoms with van der Waals surface area (Å²) < 4.78 is 30.4. The van der Waals surface area contributed by atoms with Gasteiger partial charge in [0.1, 0.15) is 17.7 Å². The number of halogens is 3. The molecule has 0 spiro atoms. The molecule has 416 valence electrons. The summed E-state index contributed by atoms with van der Waals surface area (Å²) in [5.74, 6) is -0.175. The van der Waals surface area contributed by atoms with Crippen molar-refractivity contribution in [2.75, 3.05) is 25.4 Å². The van der Waals surface area contributed by atoms with Crippen LogP contribution in [0.4, 0.5) is 14.9 Å². The number of H-pyrrole nitrogens is 2. The third-order valence-corrected chi connectivity index (χ3v) is 16.2. The second-order valence-electron chi connectivity index (χ2n) is 20.7. The second kappa shape index (κ2) is 23.2. The van der Waals surface area contributed by atoms with Crippen molar-refractivity contribution in [3.8, 4) is 61.4 Å². The van der Waals surface area contributed by atoms with E-state index in [2.05, 4.69) is 103 Å². The third-order valence-electron chi connectivity index (χ3n) is 15.5. The molecule has 13 rings (SSSR count). The number of amides is 1. The Morgan fingerprint density at radius 3 is 1.68 bits per heavy atom. The summed E-state index contributed by atoms with van der Waals surface area (Å²) in [5.41, 5.74) is 23.1. The lowest BCUT2D eigenvalue weighted by molar-refractivity contribution is -0.697. The molecule has 1 saturated heterocycles. The number of nitrogens with zero attached hydrogens (tertiary/aromatic N) is 9. The lowest BCUT2D eigenvalue weighted by Crippen LogP contribution is -2.40. The van der Waals surface area contributed by atoms with Gasteiger partial charge in [-0.05, 0) is 157 Å². The Morgan fingerprint density at radius 1 is 0.667 bits per heavy atom. The van der Waals surface area contributed by atoms with E-state index >= 15 is 0 Å². The van der Waals surface area contributed by atoms with Gasteiger partial charge in [0.2, 0.25) is 0 Å². The van der Waals surface area contributed by atoms with Crippen LogP contribution in [0.3, 0.4) is 0 Å². The number of ether oxygens (including phenoxy) is 2. The molecule has 0 unspecified atom stereocenters. The number of likely N-dealkylation sites (tertiary alicyclic amines) is 1. The highest BCUT2D eigenvalue weighted by atomic mass is 35.5. The summed E-state index contributed by atoms with van der Waals surface area (Å²) in [5, 5.41) is 4.90. The zero-order chi connectivity index (χ0) is 57.3. The number of rotatable bonds is 13. The van der Waals surface area contributed by atoms with Crippen molar-refractivity contribution in [1.29, 1.82) is 0 Å². The number of nitrogens with one attached hydrogen (secondary N) is 2. The molecule has 0 radical (unpaired) electrons. The van der Waals surface area contributed by atoms with E-state index in [1.165, 1.54) is 12.1 Å². The number of nitrogens with two attached hydrogens (primary N) is 1. The molecule has 8 aromatic heterocycles. The molecular formula is C66H54Cl2FN12O3+. The van der Waals surface area contributed by atoms with Gasteiger partial charge in [0.25, 0.3) is 0 Å². The van der Waals surface area contributed by atoms with Gasteiger partial charge in [-0.25, -0.2) is 23.7 Å². The molecule has 8 bridgehead atoms. The number of nitrogen functional groups attached to an aromatic ring is 1. The molecule has 1 atom stereocenters. The summed E-state index contributed by atoms with van der Waals surface area (Å²) in [7, 11) is 0. The molecule has 11 heterocycles. The van der Waals surface area contributed by atoms with Crippen molar-refractivity contribution >= 4 is 81.4 Å². The van der Waals surface area contributed by atoms with E-state index in [0.29, 0.717) is 60.9 Å². The van der Waals surface area contributed by atoms with Gasteiger partial charge in [-0.2, -0.15) is 5.10 Å². The summed E-state index contributed by atoms with van der Waals surface area (Å²) in [6.07, 6.45) is 28.1. The van der Waals surface area contributed by atoms with Crippen molar-refractivity contribution in [1.82, 2.24) is 49.6 Å². The average molecular weight is 1150 g/mol. The van der Waals surface area contributed by atoms with Crippen molar-refractivity contribution in [2.24, 2.45) is 0 Å². The fourth-order valence-corrected chi connectivity index (χ4v) is 11.9. The molecule has 15 nitrogen and oxygen atoms in total. The average Bonchev–Trinajstić information content (AvgIpc) is 4.37. The molecule has 10 aromatic rings. The Morgan fingerprint density at radius 2 is 1.17 bits per heavy atom. The fraction of sp³-hybridized carbons (Fsp3) is 0.152. The quantitative estimate of drug-likeness (QED) is 0.0435. The lowest BCUT2D eigenvalue weighted by atomic mass is 10.0. The Hall–Kier alpha value is -9.77. The van der Waals surface area contributed by atoms with E-state index in [1.807, 2.05) is 59.4 Å². The molecule has 18 heteroatoms. The number of aryl methyl sites for hydroxylation is 1. The zero-order valence-corrected chi connectivity index (χ0v) is 47.0. The predicted octanol–water partition coefficient (Wildman–Crippen LogP) is 14.7. The number of aromatic amines is 2. The molecule has 2 aromatic carbocycles. The third kappa shape index (κ3) is 10.8. The van der Waals surface area contributed by atoms with E-state index in [1.54, 1.807) is 61.3 Å². The van der Waals surface area contributed by atoms with E-state index in [0.717, 1.165) is 100 Å². The maximum Gasteiger partial charge on any atom is 0.409 e. The molecule has 4 N–H and O–H groups in total. The SMILES string of the molecule is C[C@H](Oc1cc(-c2cnn(C3CCN(C(=O)OCCC[n+]4ccc(-c5c6nc(c(-c7ccncc7)c7ccc([nH]7)c(-c7ccncc7)c7nc(c(-c8ccncc8)c8ccc5[nH]8)C=C7)C=C6)cc4)CC3)c2)ccc1N)c1c(Cl)ccc(F)c1Cl. The first kappa shape index (κ1) is 53.5. The molecule has 1 amide bonds. The number of hydrogen-bond donors (Lipinski definition) is 3. The predicted molar refractivity (Wildman–Crippen MR) is 328 cm³/mol. The molecule has 0 saturated carbocycles. The highest BCUT2D eigenvalue weighted by molar-refractivity contribution is 6.36. The topological polar surface area (TPSA) is 183 Å². The minimum Gasteiger partial charge on any atom is -0.484 e. The number of benzene rings is 2. The molecule has 3 aliphatic rings. The van der Waals surface area contributed by atoms with Crippen molar-refractivity contribution in [2.45, 2.75) is 44.9 Å². The number of aromatic nitrogens is 10. The maximum atomic E-state index is 14.3. The number of fused-ring (bicyclic) bond motifs is 8. The van der Waals surface area contributed by atoms with Gasteiger partial charge in [0.15, 0.2) is 18.9 Å². The number of hydrogen-bond acceptors (Lipinski definition) is 10. The molecule has 0 aliphatic carbocycles. The summed E-state index contributed by atoms with van der Waals surface area (Å²) in [4.78, 5) is 46.5. The van der Waals surface area contributed by atoms with Crippen LogP contribution in [-0.4, -0.2) is 75.4 Å². The van der Waals surface area contributed by atoms with Gasteiger partial charge < -0.3 is 30.1 Å². The van der Waals surface area contributed by atoms with Crippen molar-refractivity contribution < 1.29 is 23.2 Å². The van der Waals surface area contributed by atoms with Crippen molar-refractivity contribution in [3.63, 3.8) is 0 Å². The van der Waals surface area contributed by atoms with E-state index in [9.17, 15) is 9.18 Å². The fourth-order valence-electron chi connectivity index (χ4n) is 11.2. The van der Waals surface area contributed by atoms with E-state index < -0.39 is 11.9 Å². The van der Waals surface area contributed by atoms with Gasteiger partial charge in [-0.1, -0.05) is 29.3 Å². The number of carbonyl (C=O) groups excluding carboxylic acids is 1. The first-order valence-electron chi connectivity index (χ1n) is 27.6. The minimum atomic E-state index is -0.675. The van der Waals surface area contributed by atoms with Crippen molar-refractivity contribution in [3.05, 3.63) is 209 Å². The number of pyridine rings is 4. The standard InChI is InChI=1S/C66H53Cl2FN12O3/c1-40(60-48(67)4-5-49(69)65(60)68)84-59-37-45(3-6-50(59)70)46-38-74-81(39-46)47-23-34-80(35-24-47)66(82)83-36-2-31-79-32-21-44(22-33-79)64-57-13-11-55(77-57)62(42-17-27-72-28-18-42)53-9-7-51(75-53)61(41-15-25-71-26-16-41)52-8-10-54(76-52)63(43-19-29-73-30-20-43)56-12-14-58(64)78-56/h3-22,25-30,32-33,37-40,47H,2,23-24,31,34-36,70H2,1H3,(H,75,76,77,78)/p+1/t40-/m0/s1. The van der Waals surface area contributed by atoms with Crippen LogP contribution in [0.25, 0.3) is 102 Å². The lowest BCUT2D eigenvalue weighted by Gasteiger charge is -2.31. The van der Waals surface area contributed by atoms with Crippen LogP contribution in [0.2, 0.25) is 10.0 Å².